The highest BCUT2D eigenvalue weighted by Gasteiger charge is 2.22. The normalized spacial score (nSPS) is 11.9. The Kier molecular flexibility index (Phi) is 5.76. The van der Waals surface area contributed by atoms with Crippen molar-refractivity contribution in [1.29, 1.82) is 0 Å². The van der Waals surface area contributed by atoms with Crippen LogP contribution in [0.2, 0.25) is 5.02 Å². The van der Waals surface area contributed by atoms with Crippen molar-refractivity contribution >= 4 is 17.5 Å². The first-order valence-corrected chi connectivity index (χ1v) is 8.87. The highest BCUT2D eigenvalue weighted by atomic mass is 35.5. The van der Waals surface area contributed by atoms with Gasteiger partial charge in [-0.3, -0.25) is 4.79 Å². The van der Waals surface area contributed by atoms with Gasteiger partial charge in [0.1, 0.15) is 5.75 Å². The van der Waals surface area contributed by atoms with Crippen LogP contribution < -0.4 is 4.74 Å². The molecule has 1 amide bonds. The summed E-state index contributed by atoms with van der Waals surface area (Å²) in [7, 11) is 1.66. The molecule has 0 aliphatic heterocycles. The van der Waals surface area contributed by atoms with E-state index in [1.165, 1.54) is 4.90 Å². The van der Waals surface area contributed by atoms with Crippen molar-refractivity contribution in [1.82, 2.24) is 15.0 Å². The number of carbonyl (C=O) groups is 1. The van der Waals surface area contributed by atoms with Gasteiger partial charge in [-0.1, -0.05) is 58.7 Å². The van der Waals surface area contributed by atoms with Crippen LogP contribution in [0.4, 0.5) is 0 Å². The third-order valence-corrected chi connectivity index (χ3v) is 4.33. The zero-order chi connectivity index (χ0) is 19.4. The molecule has 0 fully saturated rings. The minimum Gasteiger partial charge on any atom is -0.479 e. The molecule has 3 rings (SSSR count). The summed E-state index contributed by atoms with van der Waals surface area (Å²) in [6.45, 7) is 3.87. The van der Waals surface area contributed by atoms with E-state index in [1.54, 1.807) is 38.2 Å². The smallest absolute Gasteiger partial charge is 0.263 e. The monoisotopic (exact) mass is 385 g/mol. The maximum absolute atomic E-state index is 12.5. The number of halogens is 1. The quantitative estimate of drug-likeness (QED) is 0.638. The van der Waals surface area contributed by atoms with Crippen molar-refractivity contribution in [2.24, 2.45) is 0 Å². The molecule has 27 heavy (non-hydrogen) atoms. The number of hydrogen-bond donors (Lipinski definition) is 0. The molecule has 3 aromatic rings. The number of amides is 1. The van der Waals surface area contributed by atoms with Crippen LogP contribution in [0.5, 0.6) is 5.75 Å². The fourth-order valence-electron chi connectivity index (χ4n) is 2.51. The molecule has 6 nitrogen and oxygen atoms in total. The number of aromatic nitrogens is 2. The van der Waals surface area contributed by atoms with E-state index >= 15 is 0 Å². The molecule has 2 aromatic carbocycles. The number of hydrogen-bond acceptors (Lipinski definition) is 5. The molecule has 0 bridgehead atoms. The number of para-hydroxylation sites is 1. The van der Waals surface area contributed by atoms with Crippen LogP contribution in [0.3, 0.4) is 0 Å². The van der Waals surface area contributed by atoms with Gasteiger partial charge in [-0.05, 0) is 26.0 Å². The molecule has 1 heterocycles. The maximum atomic E-state index is 12.5. The van der Waals surface area contributed by atoms with Crippen LogP contribution in [0.25, 0.3) is 11.4 Å². The van der Waals surface area contributed by atoms with Gasteiger partial charge in [-0.25, -0.2) is 0 Å². The molecule has 7 heteroatoms. The molecule has 0 aliphatic carbocycles. The summed E-state index contributed by atoms with van der Waals surface area (Å²) in [5.41, 5.74) is 2.01. The third kappa shape index (κ3) is 4.65. The van der Waals surface area contributed by atoms with Crippen molar-refractivity contribution in [2.45, 2.75) is 26.5 Å². The molecule has 0 aliphatic rings. The summed E-state index contributed by atoms with van der Waals surface area (Å²) >= 11 is 6.07. The molecule has 1 atom stereocenters. The fourth-order valence-corrected chi connectivity index (χ4v) is 2.69. The Bertz CT molecular complexity index is 924. The van der Waals surface area contributed by atoms with Gasteiger partial charge in [0.25, 0.3) is 5.91 Å². The summed E-state index contributed by atoms with van der Waals surface area (Å²) < 4.78 is 10.9. The maximum Gasteiger partial charge on any atom is 0.263 e. The number of nitrogens with zero attached hydrogens (tertiary/aromatic N) is 3. The van der Waals surface area contributed by atoms with Crippen molar-refractivity contribution in [3.05, 3.63) is 65.0 Å². The standard InChI is InChI=1S/C20H20ClN3O3/c1-13-8-10-15(11-9-13)19-22-18(27-23-19)12-24(3)20(25)14(2)26-17-7-5-4-6-16(17)21/h4-11,14H,12H2,1-3H3. The zero-order valence-corrected chi connectivity index (χ0v) is 16.1. The molecule has 0 saturated heterocycles. The second-order valence-corrected chi connectivity index (χ2v) is 6.67. The second-order valence-electron chi connectivity index (χ2n) is 6.26. The van der Waals surface area contributed by atoms with E-state index in [2.05, 4.69) is 10.1 Å². The molecule has 1 aromatic heterocycles. The predicted octanol–water partition coefficient (Wildman–Crippen LogP) is 4.12. The van der Waals surface area contributed by atoms with Crippen molar-refractivity contribution in [2.75, 3.05) is 7.05 Å². The average Bonchev–Trinajstić information content (AvgIpc) is 3.12. The first-order valence-electron chi connectivity index (χ1n) is 8.50. The van der Waals surface area contributed by atoms with E-state index in [0.717, 1.165) is 11.1 Å². The number of ether oxygens (including phenoxy) is 1. The highest BCUT2D eigenvalue weighted by molar-refractivity contribution is 6.32. The van der Waals surface area contributed by atoms with Crippen molar-refractivity contribution in [3.63, 3.8) is 0 Å². The Morgan fingerprint density at radius 3 is 2.63 bits per heavy atom. The lowest BCUT2D eigenvalue weighted by Crippen LogP contribution is -2.37. The van der Waals surface area contributed by atoms with Crippen LogP contribution in [0.15, 0.2) is 53.1 Å². The number of benzene rings is 2. The van der Waals surface area contributed by atoms with Crippen molar-refractivity contribution < 1.29 is 14.1 Å². The first-order chi connectivity index (χ1) is 12.9. The second kappa shape index (κ2) is 8.22. The van der Waals surface area contributed by atoms with Gasteiger partial charge < -0.3 is 14.2 Å². The number of likely N-dealkylation sites (N-methyl/N-ethyl adjacent to an activating group) is 1. The summed E-state index contributed by atoms with van der Waals surface area (Å²) in [5.74, 6) is 1.09. The topological polar surface area (TPSA) is 68.5 Å². The lowest BCUT2D eigenvalue weighted by atomic mass is 10.1. The number of rotatable bonds is 6. The summed E-state index contributed by atoms with van der Waals surface area (Å²) in [6, 6.07) is 14.9. The van der Waals surface area contributed by atoms with Crippen molar-refractivity contribution in [3.8, 4) is 17.1 Å². The van der Waals surface area contributed by atoms with Crippen LogP contribution >= 0.6 is 11.6 Å². The van der Waals surface area contributed by atoms with E-state index in [4.69, 9.17) is 20.9 Å². The van der Waals surface area contributed by atoms with E-state index in [1.807, 2.05) is 31.2 Å². The average molecular weight is 386 g/mol. The SMILES string of the molecule is Cc1ccc(-c2noc(CN(C)C(=O)C(C)Oc3ccccc3Cl)n2)cc1. The molecule has 0 saturated carbocycles. The summed E-state index contributed by atoms with van der Waals surface area (Å²) in [5, 5.41) is 4.44. The van der Waals surface area contributed by atoms with Crippen LogP contribution in [0.1, 0.15) is 18.4 Å². The lowest BCUT2D eigenvalue weighted by molar-refractivity contribution is -0.137. The Morgan fingerprint density at radius 1 is 1.22 bits per heavy atom. The molecule has 0 radical (unpaired) electrons. The third-order valence-electron chi connectivity index (χ3n) is 4.01. The van der Waals surface area contributed by atoms with E-state index in [9.17, 15) is 4.79 Å². The molecular formula is C20H20ClN3O3. The Hall–Kier alpha value is -2.86. The molecule has 0 N–H and O–H groups in total. The van der Waals surface area contributed by atoms with Gasteiger partial charge in [0, 0.05) is 12.6 Å². The Labute approximate surface area is 162 Å². The molecule has 140 valence electrons. The number of aryl methyl sites for hydroxylation is 1. The van der Waals surface area contributed by atoms with E-state index in [-0.39, 0.29) is 12.5 Å². The number of carbonyl (C=O) groups excluding carboxylic acids is 1. The Balaban J connectivity index is 1.63. The first kappa shape index (κ1) is 18.9. The minimum atomic E-state index is -0.700. The van der Waals surface area contributed by atoms with Gasteiger partial charge >= 0.3 is 0 Å². The molecule has 1 unspecified atom stereocenters. The molecular weight excluding hydrogens is 366 g/mol. The van der Waals surface area contributed by atoms with E-state index in [0.29, 0.717) is 22.5 Å². The van der Waals surface area contributed by atoms with Gasteiger partial charge in [-0.15, -0.1) is 0 Å². The zero-order valence-electron chi connectivity index (χ0n) is 15.3. The molecule has 0 spiro atoms. The van der Waals surface area contributed by atoms with Crippen LogP contribution in [-0.4, -0.2) is 34.1 Å². The minimum absolute atomic E-state index is 0.188. The van der Waals surface area contributed by atoms with Gasteiger partial charge in [0.15, 0.2) is 6.10 Å². The van der Waals surface area contributed by atoms with Gasteiger partial charge in [0.2, 0.25) is 11.7 Å². The highest BCUT2D eigenvalue weighted by Crippen LogP contribution is 2.24. The van der Waals surface area contributed by atoms with Crippen LogP contribution in [0, 0.1) is 6.92 Å². The fraction of sp³-hybridized carbons (Fsp3) is 0.250. The largest absolute Gasteiger partial charge is 0.479 e. The lowest BCUT2D eigenvalue weighted by Gasteiger charge is -2.21. The van der Waals surface area contributed by atoms with Gasteiger partial charge in [-0.2, -0.15) is 4.98 Å². The van der Waals surface area contributed by atoms with Gasteiger partial charge in [0.05, 0.1) is 11.6 Å². The predicted molar refractivity (Wildman–Crippen MR) is 102 cm³/mol. The Morgan fingerprint density at radius 2 is 1.93 bits per heavy atom. The van der Waals surface area contributed by atoms with Crippen LogP contribution in [-0.2, 0) is 11.3 Å². The summed E-state index contributed by atoms with van der Waals surface area (Å²) in [4.78, 5) is 18.4. The summed E-state index contributed by atoms with van der Waals surface area (Å²) in [6.07, 6.45) is -0.700. The van der Waals surface area contributed by atoms with E-state index < -0.39 is 6.10 Å².